The lowest BCUT2D eigenvalue weighted by molar-refractivity contribution is -0.126. The molecule has 2 saturated carbocycles. The predicted octanol–water partition coefficient (Wildman–Crippen LogP) is 2.08. The summed E-state index contributed by atoms with van der Waals surface area (Å²) in [5.74, 6) is -0.466. The predicted molar refractivity (Wildman–Crippen MR) is 104 cm³/mol. The van der Waals surface area contributed by atoms with Crippen LogP contribution in [-0.2, 0) is 19.6 Å². The lowest BCUT2D eigenvalue weighted by Gasteiger charge is -2.39. The molecule has 1 aromatic carbocycles. The maximum Gasteiger partial charge on any atom is 0.338 e. The Bertz CT molecular complexity index is 896. The van der Waals surface area contributed by atoms with Crippen LogP contribution in [0.2, 0.25) is 0 Å². The van der Waals surface area contributed by atoms with Crippen molar-refractivity contribution in [2.75, 3.05) is 13.7 Å². The van der Waals surface area contributed by atoms with E-state index in [-0.39, 0.29) is 39.8 Å². The van der Waals surface area contributed by atoms with Crippen molar-refractivity contribution < 1.29 is 22.7 Å². The van der Waals surface area contributed by atoms with Crippen LogP contribution in [0.4, 0.5) is 0 Å². The summed E-state index contributed by atoms with van der Waals surface area (Å²) in [7, 11) is -2.37. The van der Waals surface area contributed by atoms with Crippen LogP contribution < -0.4 is 10.0 Å². The SMILES string of the molecule is CNS(=O)(=O)c1cccc(C(=O)OCC(=O)NC2CC3CC[C@@]2(C)C3(C)C)c1. The normalized spacial score (nSPS) is 28.1. The molecule has 8 heteroatoms. The number of hydrogen-bond donors (Lipinski definition) is 2. The molecule has 1 aromatic rings. The molecule has 3 atom stereocenters. The molecule has 7 nitrogen and oxygen atoms in total. The number of carbonyl (C=O) groups is 2. The number of nitrogens with one attached hydrogen (secondary N) is 2. The second-order valence-electron chi connectivity index (χ2n) is 8.54. The monoisotopic (exact) mass is 408 g/mol. The van der Waals surface area contributed by atoms with E-state index in [2.05, 4.69) is 30.8 Å². The molecule has 0 heterocycles. The van der Waals surface area contributed by atoms with Crippen LogP contribution in [0.5, 0.6) is 0 Å². The Kier molecular flexibility index (Phi) is 5.31. The summed E-state index contributed by atoms with van der Waals surface area (Å²) in [4.78, 5) is 24.5. The summed E-state index contributed by atoms with van der Waals surface area (Å²) in [6.45, 7) is 6.37. The van der Waals surface area contributed by atoms with Crippen LogP contribution in [0.3, 0.4) is 0 Å². The molecule has 0 radical (unpaired) electrons. The van der Waals surface area contributed by atoms with E-state index in [1.165, 1.54) is 37.7 Å². The highest BCUT2D eigenvalue weighted by Gasteiger charge is 2.61. The smallest absolute Gasteiger partial charge is 0.338 e. The van der Waals surface area contributed by atoms with Gasteiger partial charge in [0.1, 0.15) is 0 Å². The Labute approximate surface area is 166 Å². The molecule has 0 spiro atoms. The van der Waals surface area contributed by atoms with E-state index in [1.54, 1.807) is 0 Å². The molecular weight excluding hydrogens is 380 g/mol. The summed E-state index contributed by atoms with van der Waals surface area (Å²) in [5.41, 5.74) is 0.311. The molecule has 28 heavy (non-hydrogen) atoms. The Balaban J connectivity index is 1.59. The molecule has 2 bridgehead atoms. The van der Waals surface area contributed by atoms with Gasteiger partial charge in [-0.1, -0.05) is 26.8 Å². The van der Waals surface area contributed by atoms with Gasteiger partial charge in [0.25, 0.3) is 5.91 Å². The van der Waals surface area contributed by atoms with Gasteiger partial charge in [-0.3, -0.25) is 4.79 Å². The molecule has 2 aliphatic carbocycles. The Morgan fingerprint density at radius 1 is 1.25 bits per heavy atom. The van der Waals surface area contributed by atoms with E-state index in [4.69, 9.17) is 4.74 Å². The van der Waals surface area contributed by atoms with Gasteiger partial charge in [-0.15, -0.1) is 0 Å². The molecule has 2 unspecified atom stereocenters. The van der Waals surface area contributed by atoms with Crippen molar-refractivity contribution in [3.63, 3.8) is 0 Å². The Morgan fingerprint density at radius 3 is 2.54 bits per heavy atom. The summed E-state index contributed by atoms with van der Waals surface area (Å²) in [5, 5.41) is 3.04. The standard InChI is InChI=1S/C20H28N2O5S/c1-19(2)14-8-9-20(19,3)16(11-14)22-17(23)12-27-18(24)13-6-5-7-15(10-13)28(25,26)21-4/h5-7,10,14,16,21H,8-9,11-12H2,1-4H3,(H,22,23)/t14?,16?,20-/m1/s1. The molecular formula is C20H28N2O5S. The highest BCUT2D eigenvalue weighted by molar-refractivity contribution is 7.89. The molecule has 0 aromatic heterocycles. The lowest BCUT2D eigenvalue weighted by Crippen LogP contribution is -2.48. The number of amides is 1. The van der Waals surface area contributed by atoms with Crippen molar-refractivity contribution in [1.82, 2.24) is 10.0 Å². The first-order valence-electron chi connectivity index (χ1n) is 9.51. The number of fused-ring (bicyclic) bond motifs is 2. The van der Waals surface area contributed by atoms with Gasteiger partial charge in [0.15, 0.2) is 6.61 Å². The quantitative estimate of drug-likeness (QED) is 0.702. The second-order valence-corrected chi connectivity index (χ2v) is 10.4. The van der Waals surface area contributed by atoms with E-state index in [0.717, 1.165) is 12.8 Å². The van der Waals surface area contributed by atoms with Gasteiger partial charge >= 0.3 is 5.97 Å². The molecule has 154 valence electrons. The maximum atomic E-state index is 12.3. The minimum atomic E-state index is -3.66. The average molecular weight is 409 g/mol. The molecule has 2 aliphatic rings. The first-order valence-corrected chi connectivity index (χ1v) is 11.0. The summed E-state index contributed by atoms with van der Waals surface area (Å²) in [6, 6.07) is 5.60. The zero-order valence-corrected chi connectivity index (χ0v) is 17.6. The van der Waals surface area contributed by atoms with Crippen molar-refractivity contribution in [3.8, 4) is 0 Å². The van der Waals surface area contributed by atoms with E-state index in [9.17, 15) is 18.0 Å². The van der Waals surface area contributed by atoms with Crippen LogP contribution in [0.25, 0.3) is 0 Å². The van der Waals surface area contributed by atoms with Crippen molar-refractivity contribution in [2.24, 2.45) is 16.7 Å². The molecule has 1 amide bonds. The molecule has 2 N–H and O–H groups in total. The van der Waals surface area contributed by atoms with Gasteiger partial charge < -0.3 is 10.1 Å². The number of ether oxygens (including phenoxy) is 1. The number of rotatable bonds is 6. The number of hydrogen-bond acceptors (Lipinski definition) is 5. The zero-order valence-electron chi connectivity index (χ0n) is 16.7. The van der Waals surface area contributed by atoms with Crippen LogP contribution in [0.15, 0.2) is 29.2 Å². The average Bonchev–Trinajstić information content (AvgIpc) is 2.99. The highest BCUT2D eigenvalue weighted by atomic mass is 32.2. The van der Waals surface area contributed by atoms with Crippen molar-refractivity contribution in [2.45, 2.75) is 51.0 Å². The van der Waals surface area contributed by atoms with Crippen LogP contribution in [0, 0.1) is 16.7 Å². The first kappa shape index (κ1) is 20.8. The van der Waals surface area contributed by atoms with E-state index in [1.807, 2.05) is 0 Å². The minimum Gasteiger partial charge on any atom is -0.452 e. The van der Waals surface area contributed by atoms with Crippen LogP contribution >= 0.6 is 0 Å². The Hall–Kier alpha value is -1.93. The van der Waals surface area contributed by atoms with Crippen molar-refractivity contribution in [3.05, 3.63) is 29.8 Å². The maximum absolute atomic E-state index is 12.3. The molecule has 0 saturated heterocycles. The number of carbonyl (C=O) groups excluding carboxylic acids is 2. The fourth-order valence-corrected chi connectivity index (χ4v) is 5.56. The molecule has 2 fully saturated rings. The van der Waals surface area contributed by atoms with E-state index < -0.39 is 16.0 Å². The van der Waals surface area contributed by atoms with Gasteiger partial charge in [-0.25, -0.2) is 17.9 Å². The fraction of sp³-hybridized carbons (Fsp3) is 0.600. The van der Waals surface area contributed by atoms with Gasteiger partial charge in [-0.2, -0.15) is 0 Å². The van der Waals surface area contributed by atoms with Gasteiger partial charge in [0, 0.05) is 6.04 Å². The van der Waals surface area contributed by atoms with Gasteiger partial charge in [0.2, 0.25) is 10.0 Å². The number of benzene rings is 1. The van der Waals surface area contributed by atoms with Crippen molar-refractivity contribution in [1.29, 1.82) is 0 Å². The van der Waals surface area contributed by atoms with Crippen LogP contribution in [0.1, 0.15) is 50.4 Å². The summed E-state index contributed by atoms with van der Waals surface area (Å²) in [6.07, 6.45) is 3.23. The van der Waals surface area contributed by atoms with E-state index in [0.29, 0.717) is 5.92 Å². The van der Waals surface area contributed by atoms with Gasteiger partial charge in [0.05, 0.1) is 10.5 Å². The summed E-state index contributed by atoms with van der Waals surface area (Å²) < 4.78 is 31.0. The van der Waals surface area contributed by atoms with Crippen LogP contribution in [-0.4, -0.2) is 40.0 Å². The third-order valence-electron chi connectivity index (χ3n) is 7.11. The second kappa shape index (κ2) is 7.15. The fourth-order valence-electron chi connectivity index (χ4n) is 4.78. The Morgan fingerprint density at radius 2 is 1.96 bits per heavy atom. The lowest BCUT2D eigenvalue weighted by atomic mass is 9.69. The highest BCUT2D eigenvalue weighted by Crippen LogP contribution is 2.65. The molecule has 3 rings (SSSR count). The first-order chi connectivity index (χ1) is 13.0. The largest absolute Gasteiger partial charge is 0.452 e. The molecule has 0 aliphatic heterocycles. The van der Waals surface area contributed by atoms with E-state index >= 15 is 0 Å². The summed E-state index contributed by atoms with van der Waals surface area (Å²) >= 11 is 0. The third-order valence-corrected chi connectivity index (χ3v) is 8.52. The van der Waals surface area contributed by atoms with Crippen molar-refractivity contribution >= 4 is 21.9 Å². The van der Waals surface area contributed by atoms with Gasteiger partial charge in [-0.05, 0) is 61.3 Å². The number of esters is 1. The number of sulfonamides is 1. The minimum absolute atomic E-state index is 0.0361. The topological polar surface area (TPSA) is 102 Å². The zero-order chi connectivity index (χ0) is 20.7. The third kappa shape index (κ3) is 3.43.